The second-order valence-corrected chi connectivity index (χ2v) is 9.49. The molecule has 3 aliphatic heterocycles. The van der Waals surface area contributed by atoms with Crippen LogP contribution in [0.3, 0.4) is 0 Å². The number of amides is 2. The summed E-state index contributed by atoms with van der Waals surface area (Å²) in [6.45, 7) is 3.83. The molecule has 0 bridgehead atoms. The van der Waals surface area contributed by atoms with Gasteiger partial charge in [-0.3, -0.25) is 19.4 Å². The maximum atomic E-state index is 15.3. The van der Waals surface area contributed by atoms with Crippen molar-refractivity contribution in [3.8, 4) is 0 Å². The molecule has 6 rings (SSSR count). The molecule has 2 saturated heterocycles. The van der Waals surface area contributed by atoms with Crippen LogP contribution in [-0.2, 0) is 22.4 Å². The van der Waals surface area contributed by atoms with Crippen LogP contribution >= 0.6 is 0 Å². The minimum Gasteiger partial charge on any atom is -0.379 e. The van der Waals surface area contributed by atoms with Gasteiger partial charge in [-0.25, -0.2) is 4.39 Å². The van der Waals surface area contributed by atoms with E-state index in [2.05, 4.69) is 11.9 Å². The van der Waals surface area contributed by atoms with Crippen molar-refractivity contribution in [3.05, 3.63) is 88.9 Å². The molecule has 0 aromatic heterocycles. The Morgan fingerprint density at radius 3 is 2.69 bits per heavy atom. The average molecular weight is 488 g/mol. The van der Waals surface area contributed by atoms with E-state index in [1.54, 1.807) is 28.0 Å². The van der Waals surface area contributed by atoms with Crippen molar-refractivity contribution >= 4 is 28.3 Å². The number of carbonyl (C=O) groups excluding carboxylic acids is 2. The predicted octanol–water partition coefficient (Wildman–Crippen LogP) is 4.15. The van der Waals surface area contributed by atoms with Crippen molar-refractivity contribution in [2.24, 2.45) is 0 Å². The van der Waals surface area contributed by atoms with E-state index >= 15 is 4.39 Å². The summed E-state index contributed by atoms with van der Waals surface area (Å²) in [4.78, 5) is 29.4. The number of nitrogens with zero attached hydrogens (tertiary/aromatic N) is 2. The summed E-state index contributed by atoms with van der Waals surface area (Å²) < 4.78 is 37.8. The molecule has 2 amide bonds. The number of hydrogen-bond acceptors (Lipinski definition) is 4. The minimum atomic E-state index is -1.80. The molecule has 0 aliphatic carbocycles. The number of piperidine rings is 1. The van der Waals surface area contributed by atoms with Crippen LogP contribution in [0.5, 0.6) is 0 Å². The molecule has 3 heterocycles. The number of morpholine rings is 1. The third kappa shape index (κ3) is 3.98. The Hall–Kier alpha value is -3.55. The van der Waals surface area contributed by atoms with Crippen molar-refractivity contribution < 1.29 is 21.5 Å². The molecule has 1 unspecified atom stereocenters. The van der Waals surface area contributed by atoms with Gasteiger partial charge >= 0.3 is 0 Å². The molecular weight excluding hydrogens is 457 g/mol. The lowest BCUT2D eigenvalue weighted by atomic mass is 9.95. The molecule has 184 valence electrons. The Labute approximate surface area is 212 Å². The highest BCUT2D eigenvalue weighted by Crippen LogP contribution is 2.41. The topological polar surface area (TPSA) is 61.9 Å². The van der Waals surface area contributed by atoms with Crippen LogP contribution in [0.4, 0.5) is 10.1 Å². The lowest BCUT2D eigenvalue weighted by Crippen LogP contribution is -2.51. The monoisotopic (exact) mass is 487 g/mol. The first-order valence-corrected chi connectivity index (χ1v) is 12.2. The normalized spacial score (nSPS) is 21.5. The van der Waals surface area contributed by atoms with E-state index in [0.717, 1.165) is 16.3 Å². The number of hydrogen-bond donors (Lipinski definition) is 1. The van der Waals surface area contributed by atoms with E-state index in [9.17, 15) is 9.59 Å². The number of benzene rings is 3. The van der Waals surface area contributed by atoms with E-state index in [-0.39, 0.29) is 23.8 Å². The fraction of sp³-hybridized carbons (Fsp3) is 0.310. The van der Waals surface area contributed by atoms with Gasteiger partial charge in [0.15, 0.2) is 0 Å². The Bertz CT molecular complexity index is 1490. The largest absolute Gasteiger partial charge is 0.379 e. The lowest BCUT2D eigenvalue weighted by molar-refractivity contribution is -0.122. The summed E-state index contributed by atoms with van der Waals surface area (Å²) in [5, 5.41) is 4.37. The molecule has 0 saturated carbocycles. The van der Waals surface area contributed by atoms with Gasteiger partial charge in [0.2, 0.25) is 5.91 Å². The van der Waals surface area contributed by atoms with Crippen LogP contribution in [0.15, 0.2) is 60.8 Å². The Kier molecular flexibility index (Phi) is 5.24. The van der Waals surface area contributed by atoms with Crippen molar-refractivity contribution in [3.63, 3.8) is 0 Å². The van der Waals surface area contributed by atoms with E-state index in [0.29, 0.717) is 61.7 Å². The number of allylic oxidation sites excluding steroid dienone is 1. The zero-order valence-corrected chi connectivity index (χ0v) is 19.9. The highest BCUT2D eigenvalue weighted by Gasteiger charge is 2.40. The predicted molar refractivity (Wildman–Crippen MR) is 136 cm³/mol. The SMILES string of the molecule is [2H]C([2H])(c1ccc(Cc2ccc3c4c(cccc24)C(=O)N3C2CCC(=C)NC2=O)c(F)c1)N1CCOCC1. The first-order valence-electron chi connectivity index (χ1n) is 13.2. The maximum Gasteiger partial charge on any atom is 0.259 e. The number of ether oxygens (including phenoxy) is 1. The van der Waals surface area contributed by atoms with Crippen molar-refractivity contribution in [2.45, 2.75) is 31.8 Å². The average Bonchev–Trinajstić information content (AvgIpc) is 3.19. The summed E-state index contributed by atoms with van der Waals surface area (Å²) in [6, 6.07) is 13.2. The summed E-state index contributed by atoms with van der Waals surface area (Å²) in [7, 11) is 0. The van der Waals surface area contributed by atoms with Gasteiger partial charge in [0, 0.05) is 45.4 Å². The zero-order valence-electron chi connectivity index (χ0n) is 21.9. The first kappa shape index (κ1) is 20.6. The molecular formula is C29H28FN3O3. The summed E-state index contributed by atoms with van der Waals surface area (Å²) in [6.07, 6.45) is 1.39. The number of anilines is 1. The molecule has 3 aromatic carbocycles. The summed E-state index contributed by atoms with van der Waals surface area (Å²) in [5.74, 6) is -0.922. The standard InChI is InChI=1S/C29H28FN3O3/c1-18-5-9-26(28(34)31-18)33-25-10-8-20(22-3-2-4-23(27(22)25)29(33)35)16-21-7-6-19(15-24(21)30)17-32-11-13-36-14-12-32/h2-4,6-8,10,15,26H,1,5,9,11-14,16-17H2,(H,31,34)/i17D2. The highest BCUT2D eigenvalue weighted by atomic mass is 19.1. The van der Waals surface area contributed by atoms with Gasteiger partial charge in [-0.1, -0.05) is 36.9 Å². The van der Waals surface area contributed by atoms with Crippen LogP contribution < -0.4 is 10.2 Å². The van der Waals surface area contributed by atoms with Crippen molar-refractivity contribution in [1.29, 1.82) is 0 Å². The van der Waals surface area contributed by atoms with Gasteiger partial charge in [0.25, 0.3) is 5.91 Å². The molecule has 6 nitrogen and oxygen atoms in total. The number of rotatable bonds is 5. The van der Waals surface area contributed by atoms with Crippen molar-refractivity contribution in [1.82, 2.24) is 10.2 Å². The van der Waals surface area contributed by atoms with Gasteiger partial charge in [-0.15, -0.1) is 0 Å². The Morgan fingerprint density at radius 1 is 1.11 bits per heavy atom. The summed E-state index contributed by atoms with van der Waals surface area (Å²) >= 11 is 0. The fourth-order valence-corrected chi connectivity index (χ4v) is 5.36. The van der Waals surface area contributed by atoms with E-state index in [1.165, 1.54) is 6.07 Å². The van der Waals surface area contributed by atoms with Crippen LogP contribution in [0, 0.1) is 5.82 Å². The molecule has 0 spiro atoms. The Morgan fingerprint density at radius 2 is 1.92 bits per heavy atom. The second-order valence-electron chi connectivity index (χ2n) is 9.49. The Balaban J connectivity index is 1.32. The molecule has 2 fully saturated rings. The van der Waals surface area contributed by atoms with Crippen LogP contribution in [-0.4, -0.2) is 49.1 Å². The smallest absolute Gasteiger partial charge is 0.259 e. The van der Waals surface area contributed by atoms with Gasteiger partial charge in [0.1, 0.15) is 11.9 Å². The van der Waals surface area contributed by atoms with Crippen molar-refractivity contribution in [2.75, 3.05) is 31.2 Å². The minimum absolute atomic E-state index is 0.212. The lowest BCUT2D eigenvalue weighted by Gasteiger charge is -2.31. The molecule has 1 N–H and O–H groups in total. The molecule has 1 atom stereocenters. The van der Waals surface area contributed by atoms with Gasteiger partial charge in [0.05, 0.1) is 18.9 Å². The van der Waals surface area contributed by atoms with E-state index in [4.69, 9.17) is 7.48 Å². The third-order valence-electron chi connectivity index (χ3n) is 7.18. The zero-order chi connectivity index (χ0) is 26.6. The molecule has 3 aromatic rings. The fourth-order valence-electron chi connectivity index (χ4n) is 5.36. The first-order chi connectivity index (χ1) is 18.3. The van der Waals surface area contributed by atoms with Crippen LogP contribution in [0.2, 0.25) is 0 Å². The quantitative estimate of drug-likeness (QED) is 0.587. The molecule has 3 aliphatic rings. The van der Waals surface area contributed by atoms with Gasteiger partial charge in [-0.05, 0) is 53.1 Å². The number of nitrogens with one attached hydrogen (secondary N) is 1. The van der Waals surface area contributed by atoms with Crippen LogP contribution in [0.1, 0.15) is 42.6 Å². The van der Waals surface area contributed by atoms with Crippen LogP contribution in [0.25, 0.3) is 10.8 Å². The van der Waals surface area contributed by atoms with Gasteiger partial charge < -0.3 is 10.1 Å². The molecule has 36 heavy (non-hydrogen) atoms. The van der Waals surface area contributed by atoms with E-state index in [1.807, 2.05) is 24.3 Å². The number of halogens is 1. The summed E-state index contributed by atoms with van der Waals surface area (Å²) in [5.41, 5.74) is 3.44. The highest BCUT2D eigenvalue weighted by molar-refractivity contribution is 6.27. The van der Waals surface area contributed by atoms with E-state index < -0.39 is 18.4 Å². The second kappa shape index (κ2) is 9.15. The third-order valence-corrected chi connectivity index (χ3v) is 7.18. The van der Waals surface area contributed by atoms with Gasteiger partial charge in [-0.2, -0.15) is 0 Å². The molecule has 7 heteroatoms. The maximum absolute atomic E-state index is 15.3. The number of carbonyl (C=O) groups is 2. The molecule has 0 radical (unpaired) electrons.